The van der Waals surface area contributed by atoms with Gasteiger partial charge in [0, 0.05) is 24.8 Å². The molecule has 228 valence electrons. The summed E-state index contributed by atoms with van der Waals surface area (Å²) >= 11 is 0. The Hall–Kier alpha value is -4.87. The largest absolute Gasteiger partial charge is 0.489 e. The fourth-order valence-corrected chi connectivity index (χ4v) is 6.04. The van der Waals surface area contributed by atoms with Gasteiger partial charge in [-0.2, -0.15) is 0 Å². The predicted octanol–water partition coefficient (Wildman–Crippen LogP) is 9.05. The third kappa shape index (κ3) is 8.84. The Balaban J connectivity index is 1.07. The highest BCUT2D eigenvalue weighted by Crippen LogP contribution is 2.31. The molecule has 0 aliphatic heterocycles. The molecule has 1 aliphatic rings. The third-order valence-corrected chi connectivity index (χ3v) is 8.29. The van der Waals surface area contributed by atoms with Crippen LogP contribution in [0.25, 0.3) is 0 Å². The van der Waals surface area contributed by atoms with Crippen LogP contribution in [0.5, 0.6) is 17.2 Å². The summed E-state index contributed by atoms with van der Waals surface area (Å²) in [5, 5.41) is 2.92. The summed E-state index contributed by atoms with van der Waals surface area (Å²) in [4.78, 5) is 15.0. The summed E-state index contributed by atoms with van der Waals surface area (Å²) in [6.07, 6.45) is 4.97. The van der Waals surface area contributed by atoms with Gasteiger partial charge in [0.1, 0.15) is 23.4 Å². The topological polar surface area (TPSA) is 50.8 Å². The number of benzene rings is 5. The predicted molar refractivity (Wildman–Crippen MR) is 181 cm³/mol. The number of amides is 1. The Kier molecular flexibility index (Phi) is 10.2. The van der Waals surface area contributed by atoms with E-state index in [0.717, 1.165) is 54.4 Å². The molecule has 0 aromatic heterocycles. The molecule has 2 atom stereocenters. The highest BCUT2D eigenvalue weighted by molar-refractivity contribution is 5.92. The van der Waals surface area contributed by atoms with Crippen LogP contribution in [-0.4, -0.2) is 23.0 Å². The van der Waals surface area contributed by atoms with E-state index in [1.165, 1.54) is 24.0 Å². The Morgan fingerprint density at radius 1 is 0.600 bits per heavy atom. The molecular formula is C40H40N2O3. The SMILES string of the molecule is O=C(Cc1ccc(Oc2ccc(OC3CCCCC3N(Cc3ccccc3)Cc3ccccc3)cc2)cc1)Nc1ccccc1. The molecule has 1 N–H and O–H groups in total. The monoisotopic (exact) mass is 596 g/mol. The number of carbonyl (C=O) groups excluding carboxylic acids is 1. The van der Waals surface area contributed by atoms with E-state index in [1.807, 2.05) is 78.9 Å². The van der Waals surface area contributed by atoms with Gasteiger partial charge in [-0.05, 0) is 84.5 Å². The zero-order chi connectivity index (χ0) is 30.7. The zero-order valence-corrected chi connectivity index (χ0v) is 25.6. The van der Waals surface area contributed by atoms with Gasteiger partial charge in [0.25, 0.3) is 0 Å². The molecular weight excluding hydrogens is 556 g/mol. The van der Waals surface area contributed by atoms with Crippen molar-refractivity contribution in [2.75, 3.05) is 5.32 Å². The normalized spacial score (nSPS) is 16.2. The maximum Gasteiger partial charge on any atom is 0.228 e. The zero-order valence-electron chi connectivity index (χ0n) is 25.6. The van der Waals surface area contributed by atoms with E-state index < -0.39 is 0 Å². The van der Waals surface area contributed by atoms with Gasteiger partial charge in [-0.1, -0.05) is 97.4 Å². The van der Waals surface area contributed by atoms with E-state index in [1.54, 1.807) is 0 Å². The second-order valence-electron chi connectivity index (χ2n) is 11.7. The molecule has 5 heteroatoms. The van der Waals surface area contributed by atoms with Crippen LogP contribution in [0, 0.1) is 0 Å². The Morgan fingerprint density at radius 2 is 1.11 bits per heavy atom. The van der Waals surface area contributed by atoms with Gasteiger partial charge in [0.2, 0.25) is 5.91 Å². The van der Waals surface area contributed by atoms with Gasteiger partial charge in [0.15, 0.2) is 0 Å². The molecule has 2 unspecified atom stereocenters. The van der Waals surface area contributed by atoms with Gasteiger partial charge >= 0.3 is 0 Å². The lowest BCUT2D eigenvalue weighted by atomic mass is 9.90. The number of hydrogen-bond donors (Lipinski definition) is 1. The lowest BCUT2D eigenvalue weighted by molar-refractivity contribution is -0.115. The highest BCUT2D eigenvalue weighted by atomic mass is 16.5. The lowest BCUT2D eigenvalue weighted by Gasteiger charge is -2.40. The first kappa shape index (κ1) is 30.2. The standard InChI is InChI=1S/C40H40N2O3/c43-40(41-34-16-8-3-9-17-34)28-31-20-22-35(23-21-31)44-36-24-26-37(27-25-36)45-39-19-11-10-18-38(39)42(29-32-12-4-1-5-13-32)30-33-14-6-2-7-15-33/h1-9,12-17,20-27,38-39H,10-11,18-19,28-30H2,(H,41,43). The molecule has 5 nitrogen and oxygen atoms in total. The van der Waals surface area contributed by atoms with E-state index in [0.29, 0.717) is 12.5 Å². The molecule has 0 radical (unpaired) electrons. The first-order chi connectivity index (χ1) is 22.2. The maximum atomic E-state index is 12.4. The number of rotatable bonds is 12. The minimum absolute atomic E-state index is 0.0473. The summed E-state index contributed by atoms with van der Waals surface area (Å²) in [5.41, 5.74) is 4.37. The average Bonchev–Trinajstić information content (AvgIpc) is 3.08. The molecule has 5 aromatic rings. The maximum absolute atomic E-state index is 12.4. The third-order valence-electron chi connectivity index (χ3n) is 8.29. The van der Waals surface area contributed by atoms with Gasteiger partial charge in [0.05, 0.1) is 6.42 Å². The number of nitrogens with one attached hydrogen (secondary N) is 1. The van der Waals surface area contributed by atoms with Crippen molar-refractivity contribution in [1.82, 2.24) is 4.90 Å². The van der Waals surface area contributed by atoms with Crippen LogP contribution in [0.4, 0.5) is 5.69 Å². The molecule has 0 saturated heterocycles. The number of anilines is 1. The Labute approximate surface area is 266 Å². The van der Waals surface area contributed by atoms with Gasteiger partial charge in [-0.15, -0.1) is 0 Å². The second kappa shape index (κ2) is 15.2. The van der Waals surface area contributed by atoms with Crippen LogP contribution in [0.15, 0.2) is 140 Å². The van der Waals surface area contributed by atoms with Crippen molar-refractivity contribution in [3.8, 4) is 17.2 Å². The van der Waals surface area contributed by atoms with Crippen LogP contribution < -0.4 is 14.8 Å². The molecule has 0 heterocycles. The minimum Gasteiger partial charge on any atom is -0.489 e. The van der Waals surface area contributed by atoms with E-state index >= 15 is 0 Å². The molecule has 0 spiro atoms. The van der Waals surface area contributed by atoms with Crippen molar-refractivity contribution >= 4 is 11.6 Å². The fourth-order valence-electron chi connectivity index (χ4n) is 6.04. The molecule has 6 rings (SSSR count). The summed E-state index contributed by atoms with van der Waals surface area (Å²) in [6.45, 7) is 1.78. The molecule has 1 saturated carbocycles. The first-order valence-electron chi connectivity index (χ1n) is 15.9. The quantitative estimate of drug-likeness (QED) is 0.156. The minimum atomic E-state index is -0.0473. The van der Waals surface area contributed by atoms with E-state index in [4.69, 9.17) is 9.47 Å². The van der Waals surface area contributed by atoms with Crippen molar-refractivity contribution in [2.24, 2.45) is 0 Å². The summed E-state index contributed by atoms with van der Waals surface area (Å²) in [6, 6.07) is 46.9. The lowest BCUT2D eigenvalue weighted by Crippen LogP contribution is -2.47. The fraction of sp³-hybridized carbons (Fsp3) is 0.225. The smallest absolute Gasteiger partial charge is 0.228 e. The molecule has 1 fully saturated rings. The number of carbonyl (C=O) groups is 1. The highest BCUT2D eigenvalue weighted by Gasteiger charge is 2.32. The Morgan fingerprint density at radius 3 is 1.71 bits per heavy atom. The van der Waals surface area contributed by atoms with Crippen LogP contribution >= 0.6 is 0 Å². The first-order valence-corrected chi connectivity index (χ1v) is 15.9. The number of para-hydroxylation sites is 1. The Bertz CT molecular complexity index is 1570. The van der Waals surface area contributed by atoms with Gasteiger partial charge in [-0.3, -0.25) is 9.69 Å². The van der Waals surface area contributed by atoms with Crippen molar-refractivity contribution in [3.63, 3.8) is 0 Å². The van der Waals surface area contributed by atoms with Crippen molar-refractivity contribution < 1.29 is 14.3 Å². The van der Waals surface area contributed by atoms with Crippen LogP contribution in [0.3, 0.4) is 0 Å². The van der Waals surface area contributed by atoms with Gasteiger partial charge in [-0.25, -0.2) is 0 Å². The van der Waals surface area contributed by atoms with Crippen molar-refractivity contribution in [3.05, 3.63) is 156 Å². The summed E-state index contributed by atoms with van der Waals surface area (Å²) in [7, 11) is 0. The molecule has 0 bridgehead atoms. The average molecular weight is 597 g/mol. The van der Waals surface area contributed by atoms with Crippen LogP contribution in [0.1, 0.15) is 42.4 Å². The van der Waals surface area contributed by atoms with E-state index in [9.17, 15) is 4.79 Å². The molecule has 5 aromatic carbocycles. The number of ether oxygens (including phenoxy) is 2. The summed E-state index contributed by atoms with van der Waals surface area (Å²) in [5.74, 6) is 2.28. The van der Waals surface area contributed by atoms with Crippen LogP contribution in [0.2, 0.25) is 0 Å². The van der Waals surface area contributed by atoms with E-state index in [-0.39, 0.29) is 12.0 Å². The van der Waals surface area contributed by atoms with Crippen molar-refractivity contribution in [2.45, 2.75) is 57.3 Å². The van der Waals surface area contributed by atoms with Crippen LogP contribution in [-0.2, 0) is 24.3 Å². The summed E-state index contributed by atoms with van der Waals surface area (Å²) < 4.78 is 12.8. The molecule has 45 heavy (non-hydrogen) atoms. The van der Waals surface area contributed by atoms with Crippen molar-refractivity contribution in [1.29, 1.82) is 0 Å². The number of hydrogen-bond acceptors (Lipinski definition) is 4. The van der Waals surface area contributed by atoms with E-state index in [2.05, 4.69) is 70.9 Å². The molecule has 1 aliphatic carbocycles. The molecule has 1 amide bonds. The second-order valence-corrected chi connectivity index (χ2v) is 11.7. The van der Waals surface area contributed by atoms with Gasteiger partial charge < -0.3 is 14.8 Å². The number of nitrogens with zero attached hydrogens (tertiary/aromatic N) is 1.